The monoisotopic (exact) mass is 329 g/mol. The Hall–Kier alpha value is -2.04. The SMILES string of the molecule is CC(C)NC(=O)O[C@@H]1CC[C@H](c2cnc3[nH]cc(C(C)C)c3c2)C1. The Kier molecular flexibility index (Phi) is 4.78. The van der Waals surface area contributed by atoms with E-state index in [0.29, 0.717) is 11.8 Å². The highest BCUT2D eigenvalue weighted by Crippen LogP contribution is 2.37. The lowest BCUT2D eigenvalue weighted by atomic mass is 9.96. The fraction of sp³-hybridized carbons (Fsp3) is 0.579. The Labute approximate surface area is 143 Å². The van der Waals surface area contributed by atoms with E-state index in [9.17, 15) is 4.79 Å². The summed E-state index contributed by atoms with van der Waals surface area (Å²) in [6, 6.07) is 2.36. The molecule has 3 rings (SSSR count). The van der Waals surface area contributed by atoms with Crippen molar-refractivity contribution < 1.29 is 9.53 Å². The van der Waals surface area contributed by atoms with Crippen molar-refractivity contribution in [3.63, 3.8) is 0 Å². The van der Waals surface area contributed by atoms with Gasteiger partial charge in [0.05, 0.1) is 0 Å². The maximum atomic E-state index is 11.8. The van der Waals surface area contributed by atoms with E-state index in [4.69, 9.17) is 4.74 Å². The first-order valence-electron chi connectivity index (χ1n) is 8.88. The minimum Gasteiger partial charge on any atom is -0.446 e. The molecule has 2 N–H and O–H groups in total. The summed E-state index contributed by atoms with van der Waals surface area (Å²) in [5.74, 6) is 0.879. The van der Waals surface area contributed by atoms with Gasteiger partial charge in [-0.15, -0.1) is 0 Å². The van der Waals surface area contributed by atoms with E-state index >= 15 is 0 Å². The molecule has 2 aromatic rings. The van der Waals surface area contributed by atoms with Gasteiger partial charge in [0.15, 0.2) is 0 Å². The highest BCUT2D eigenvalue weighted by atomic mass is 16.6. The van der Waals surface area contributed by atoms with E-state index in [-0.39, 0.29) is 18.2 Å². The summed E-state index contributed by atoms with van der Waals surface area (Å²) < 4.78 is 5.53. The van der Waals surface area contributed by atoms with Crippen molar-refractivity contribution in [2.24, 2.45) is 0 Å². The van der Waals surface area contributed by atoms with Gasteiger partial charge in [0, 0.05) is 23.8 Å². The third kappa shape index (κ3) is 3.55. The van der Waals surface area contributed by atoms with Crippen LogP contribution in [0.1, 0.15) is 69.9 Å². The topological polar surface area (TPSA) is 67.0 Å². The summed E-state index contributed by atoms with van der Waals surface area (Å²) in [5.41, 5.74) is 3.50. The minimum absolute atomic E-state index is 0.000223. The zero-order valence-electron chi connectivity index (χ0n) is 14.9. The quantitative estimate of drug-likeness (QED) is 0.870. The summed E-state index contributed by atoms with van der Waals surface area (Å²) in [7, 11) is 0. The molecule has 2 aromatic heterocycles. The maximum Gasteiger partial charge on any atom is 0.407 e. The van der Waals surface area contributed by atoms with Gasteiger partial charge in [0.25, 0.3) is 0 Å². The molecule has 2 heterocycles. The highest BCUT2D eigenvalue weighted by Gasteiger charge is 2.29. The average molecular weight is 329 g/mol. The van der Waals surface area contributed by atoms with E-state index in [1.54, 1.807) is 0 Å². The van der Waals surface area contributed by atoms with Gasteiger partial charge in [-0.3, -0.25) is 0 Å². The molecule has 24 heavy (non-hydrogen) atoms. The molecule has 5 nitrogen and oxygen atoms in total. The number of hydrogen-bond acceptors (Lipinski definition) is 3. The Morgan fingerprint density at radius 2 is 2.12 bits per heavy atom. The van der Waals surface area contributed by atoms with Crippen LogP contribution in [0.5, 0.6) is 0 Å². The molecule has 2 atom stereocenters. The summed E-state index contributed by atoms with van der Waals surface area (Å²) in [4.78, 5) is 19.6. The summed E-state index contributed by atoms with van der Waals surface area (Å²) in [6.07, 6.45) is 6.54. The number of alkyl carbamates (subject to hydrolysis) is 1. The Morgan fingerprint density at radius 1 is 1.33 bits per heavy atom. The van der Waals surface area contributed by atoms with Gasteiger partial charge in [-0.1, -0.05) is 13.8 Å². The van der Waals surface area contributed by atoms with Crippen LogP contribution >= 0.6 is 0 Å². The number of aromatic amines is 1. The first kappa shape index (κ1) is 16.8. The van der Waals surface area contributed by atoms with Crippen LogP contribution in [0.15, 0.2) is 18.5 Å². The van der Waals surface area contributed by atoms with Gasteiger partial charge in [-0.25, -0.2) is 9.78 Å². The van der Waals surface area contributed by atoms with Crippen LogP contribution in [-0.2, 0) is 4.74 Å². The number of carbonyl (C=O) groups is 1. The second-order valence-corrected chi connectivity index (χ2v) is 7.40. The van der Waals surface area contributed by atoms with Crippen LogP contribution in [0.4, 0.5) is 4.79 Å². The van der Waals surface area contributed by atoms with Crippen molar-refractivity contribution in [1.82, 2.24) is 15.3 Å². The zero-order chi connectivity index (χ0) is 17.3. The largest absolute Gasteiger partial charge is 0.446 e. The molecule has 0 bridgehead atoms. The molecule has 0 unspecified atom stereocenters. The Balaban J connectivity index is 1.70. The molecule has 0 aliphatic heterocycles. The van der Waals surface area contributed by atoms with Gasteiger partial charge in [-0.2, -0.15) is 0 Å². The number of H-pyrrole nitrogens is 1. The van der Waals surface area contributed by atoms with Gasteiger partial charge in [0.1, 0.15) is 11.8 Å². The zero-order valence-corrected chi connectivity index (χ0v) is 14.9. The van der Waals surface area contributed by atoms with Crippen molar-refractivity contribution in [3.05, 3.63) is 29.6 Å². The lowest BCUT2D eigenvalue weighted by molar-refractivity contribution is 0.0982. The Morgan fingerprint density at radius 3 is 2.83 bits per heavy atom. The molecule has 0 radical (unpaired) electrons. The fourth-order valence-electron chi connectivity index (χ4n) is 3.51. The molecule has 130 valence electrons. The molecule has 1 saturated carbocycles. The van der Waals surface area contributed by atoms with Crippen molar-refractivity contribution in [1.29, 1.82) is 0 Å². The normalized spacial score (nSPS) is 20.9. The summed E-state index contributed by atoms with van der Waals surface area (Å²) >= 11 is 0. The molecule has 0 spiro atoms. The summed E-state index contributed by atoms with van der Waals surface area (Å²) in [5, 5.41) is 4.00. The van der Waals surface area contributed by atoms with Gasteiger partial charge in [-0.05, 0) is 62.1 Å². The average Bonchev–Trinajstić information content (AvgIpc) is 3.11. The third-order valence-corrected chi connectivity index (χ3v) is 4.74. The van der Waals surface area contributed by atoms with E-state index in [0.717, 1.165) is 24.9 Å². The standard InChI is InChI=1S/C19H27N3O2/c1-11(2)17-10-21-18-16(17)8-14(9-20-18)13-5-6-15(7-13)24-19(23)22-12(3)4/h8-13,15H,5-7H2,1-4H3,(H,20,21)(H,22,23)/t13-,15+/m0/s1. The summed E-state index contributed by atoms with van der Waals surface area (Å²) in [6.45, 7) is 8.26. The van der Waals surface area contributed by atoms with Crippen LogP contribution in [0.3, 0.4) is 0 Å². The van der Waals surface area contributed by atoms with E-state index in [1.165, 1.54) is 16.5 Å². The molecule has 1 amide bonds. The van der Waals surface area contributed by atoms with Crippen LogP contribution in [0.25, 0.3) is 11.0 Å². The lowest BCUT2D eigenvalue weighted by Gasteiger charge is -2.15. The molecule has 1 aliphatic carbocycles. The maximum absolute atomic E-state index is 11.8. The van der Waals surface area contributed by atoms with Crippen molar-refractivity contribution >= 4 is 17.1 Å². The molecular weight excluding hydrogens is 302 g/mol. The predicted molar refractivity (Wildman–Crippen MR) is 95.3 cm³/mol. The van der Waals surface area contributed by atoms with Gasteiger partial charge >= 0.3 is 6.09 Å². The second kappa shape index (κ2) is 6.83. The van der Waals surface area contributed by atoms with Crippen LogP contribution in [0, 0.1) is 0 Å². The Bertz CT molecular complexity index is 720. The number of aromatic nitrogens is 2. The molecular formula is C19H27N3O2. The van der Waals surface area contributed by atoms with Gasteiger partial charge < -0.3 is 15.0 Å². The second-order valence-electron chi connectivity index (χ2n) is 7.40. The first-order valence-corrected chi connectivity index (χ1v) is 8.88. The smallest absolute Gasteiger partial charge is 0.407 e. The molecule has 0 aromatic carbocycles. The van der Waals surface area contributed by atoms with Crippen molar-refractivity contribution in [3.8, 4) is 0 Å². The van der Waals surface area contributed by atoms with Crippen molar-refractivity contribution in [2.75, 3.05) is 0 Å². The third-order valence-electron chi connectivity index (χ3n) is 4.74. The number of hydrogen-bond donors (Lipinski definition) is 2. The number of ether oxygens (including phenoxy) is 1. The molecule has 5 heteroatoms. The number of pyridine rings is 1. The van der Waals surface area contributed by atoms with E-state index in [1.807, 2.05) is 20.0 Å². The van der Waals surface area contributed by atoms with Gasteiger partial charge in [0.2, 0.25) is 0 Å². The number of fused-ring (bicyclic) bond motifs is 1. The van der Waals surface area contributed by atoms with Crippen molar-refractivity contribution in [2.45, 2.75) is 70.9 Å². The number of carbonyl (C=O) groups excluding carboxylic acids is 1. The number of nitrogens with zero attached hydrogens (tertiary/aromatic N) is 1. The predicted octanol–water partition coefficient (Wildman–Crippen LogP) is 4.46. The lowest BCUT2D eigenvalue weighted by Crippen LogP contribution is -2.33. The highest BCUT2D eigenvalue weighted by molar-refractivity contribution is 5.81. The number of nitrogens with one attached hydrogen (secondary N) is 2. The number of amides is 1. The van der Waals surface area contributed by atoms with Crippen LogP contribution < -0.4 is 5.32 Å². The minimum atomic E-state index is -0.308. The number of rotatable bonds is 4. The van der Waals surface area contributed by atoms with E-state index in [2.05, 4.69) is 41.4 Å². The van der Waals surface area contributed by atoms with Crippen LogP contribution in [-0.4, -0.2) is 28.2 Å². The first-order chi connectivity index (χ1) is 11.4. The molecule has 0 saturated heterocycles. The van der Waals surface area contributed by atoms with E-state index < -0.39 is 0 Å². The fourth-order valence-corrected chi connectivity index (χ4v) is 3.51. The molecule has 1 fully saturated rings. The van der Waals surface area contributed by atoms with Crippen LogP contribution in [0.2, 0.25) is 0 Å². The molecule has 1 aliphatic rings.